The van der Waals surface area contributed by atoms with Gasteiger partial charge < -0.3 is 10.6 Å². The summed E-state index contributed by atoms with van der Waals surface area (Å²) in [5, 5.41) is 20.6. The first-order valence-electron chi connectivity index (χ1n) is 10.7. The van der Waals surface area contributed by atoms with E-state index in [1.165, 1.54) is 5.56 Å². The number of rotatable bonds is 3. The first-order valence-corrected chi connectivity index (χ1v) is 10.7. The third-order valence-corrected chi connectivity index (χ3v) is 6.09. The van der Waals surface area contributed by atoms with Crippen LogP contribution in [0.1, 0.15) is 51.9 Å². The number of hydrogen-bond acceptors (Lipinski definition) is 5. The zero-order valence-corrected chi connectivity index (χ0v) is 18.1. The first-order chi connectivity index (χ1) is 14.3. The number of nitrogens with one attached hydrogen (secondary N) is 3. The standard InChI is InChI=1S/C24H30N6/c1-22(2)15-18(16-23(3,4)29-22)25-24(13-12-17-9-5-6-10-19(17)26-24)21-28-27-20-11-7-8-14-30(20)21/h5-14,18,25-26,29H,15-16H2,1-4H3. The van der Waals surface area contributed by atoms with Crippen molar-refractivity contribution in [3.8, 4) is 0 Å². The number of aromatic nitrogens is 3. The first kappa shape index (κ1) is 19.3. The minimum Gasteiger partial charge on any atom is -0.357 e. The predicted molar refractivity (Wildman–Crippen MR) is 121 cm³/mol. The van der Waals surface area contributed by atoms with Gasteiger partial charge in [0.05, 0.1) is 0 Å². The maximum Gasteiger partial charge on any atom is 0.182 e. The summed E-state index contributed by atoms with van der Waals surface area (Å²) in [4.78, 5) is 0. The van der Waals surface area contributed by atoms with Crippen LogP contribution in [0.2, 0.25) is 0 Å². The fourth-order valence-corrected chi connectivity index (χ4v) is 5.36. The minimum atomic E-state index is -0.650. The average molecular weight is 403 g/mol. The van der Waals surface area contributed by atoms with Crippen LogP contribution < -0.4 is 16.0 Å². The molecule has 5 rings (SSSR count). The molecule has 0 bridgehead atoms. The SMILES string of the molecule is CC1(C)CC(NC2(c3nnc4ccccn34)C=Cc3ccccc3N2)CC(C)(C)N1. The van der Waals surface area contributed by atoms with Gasteiger partial charge in [0.25, 0.3) is 0 Å². The van der Waals surface area contributed by atoms with Gasteiger partial charge in [0, 0.05) is 29.0 Å². The Kier molecular flexibility index (Phi) is 4.27. The van der Waals surface area contributed by atoms with Gasteiger partial charge in [-0.15, -0.1) is 10.2 Å². The summed E-state index contributed by atoms with van der Waals surface area (Å²) in [5.74, 6) is 0.845. The maximum absolute atomic E-state index is 4.62. The summed E-state index contributed by atoms with van der Waals surface area (Å²) in [6.07, 6.45) is 8.44. The molecule has 0 saturated carbocycles. The van der Waals surface area contributed by atoms with E-state index in [2.05, 4.69) is 94.7 Å². The molecule has 2 aliphatic heterocycles. The Labute approximate surface area is 177 Å². The molecule has 3 N–H and O–H groups in total. The van der Waals surface area contributed by atoms with Crippen molar-refractivity contribution in [2.24, 2.45) is 0 Å². The highest BCUT2D eigenvalue weighted by Crippen LogP contribution is 2.36. The zero-order chi connectivity index (χ0) is 21.0. The van der Waals surface area contributed by atoms with Gasteiger partial charge in [-0.1, -0.05) is 30.3 Å². The molecule has 1 saturated heterocycles. The molecule has 2 aromatic heterocycles. The summed E-state index contributed by atoms with van der Waals surface area (Å²) in [5.41, 5.74) is 2.55. The summed E-state index contributed by atoms with van der Waals surface area (Å²) in [6.45, 7) is 9.12. The summed E-state index contributed by atoms with van der Waals surface area (Å²) < 4.78 is 2.07. The van der Waals surface area contributed by atoms with E-state index in [0.717, 1.165) is 30.0 Å². The summed E-state index contributed by atoms with van der Waals surface area (Å²) >= 11 is 0. The molecular weight excluding hydrogens is 372 g/mol. The number of hydrogen-bond donors (Lipinski definition) is 3. The van der Waals surface area contributed by atoms with Crippen LogP contribution in [-0.4, -0.2) is 31.7 Å². The second-order valence-corrected chi connectivity index (χ2v) is 9.95. The Morgan fingerprint density at radius 3 is 2.50 bits per heavy atom. The summed E-state index contributed by atoms with van der Waals surface area (Å²) in [6, 6.07) is 14.7. The Balaban J connectivity index is 1.60. The number of benzene rings is 1. The third kappa shape index (κ3) is 3.40. The lowest BCUT2D eigenvalue weighted by molar-refractivity contribution is 0.132. The summed E-state index contributed by atoms with van der Waals surface area (Å²) in [7, 11) is 0. The molecule has 0 aliphatic carbocycles. The van der Waals surface area contributed by atoms with Crippen LogP contribution in [-0.2, 0) is 5.66 Å². The van der Waals surface area contributed by atoms with Gasteiger partial charge in [0.1, 0.15) is 0 Å². The van der Waals surface area contributed by atoms with Crippen LogP contribution >= 0.6 is 0 Å². The molecule has 0 radical (unpaired) electrons. The molecule has 6 nitrogen and oxygen atoms in total. The normalized spacial score (nSPS) is 25.1. The number of anilines is 1. The molecular formula is C24H30N6. The number of para-hydroxylation sites is 1. The minimum absolute atomic E-state index is 0.0454. The molecule has 0 amide bonds. The Hall–Kier alpha value is -2.70. The van der Waals surface area contributed by atoms with Gasteiger partial charge in [0.15, 0.2) is 17.1 Å². The smallest absolute Gasteiger partial charge is 0.182 e. The van der Waals surface area contributed by atoms with Crippen LogP contribution in [0.5, 0.6) is 0 Å². The lowest BCUT2D eigenvalue weighted by Crippen LogP contribution is -2.65. The molecule has 1 fully saturated rings. The van der Waals surface area contributed by atoms with E-state index in [4.69, 9.17) is 0 Å². The van der Waals surface area contributed by atoms with Crippen LogP contribution in [0.3, 0.4) is 0 Å². The highest BCUT2D eigenvalue weighted by molar-refractivity contribution is 5.72. The Morgan fingerprint density at radius 2 is 1.70 bits per heavy atom. The lowest BCUT2D eigenvalue weighted by atomic mass is 9.79. The fourth-order valence-electron chi connectivity index (χ4n) is 5.36. The number of piperidine rings is 1. The average Bonchev–Trinajstić information content (AvgIpc) is 3.10. The van der Waals surface area contributed by atoms with E-state index in [0.29, 0.717) is 6.04 Å². The van der Waals surface area contributed by atoms with Crippen molar-refractivity contribution >= 4 is 17.4 Å². The largest absolute Gasteiger partial charge is 0.357 e. The molecule has 0 spiro atoms. The molecule has 3 aromatic rings. The van der Waals surface area contributed by atoms with Crippen LogP contribution in [0.25, 0.3) is 11.7 Å². The molecule has 1 atom stereocenters. The van der Waals surface area contributed by atoms with Gasteiger partial charge in [-0.05, 0) is 70.4 Å². The molecule has 4 heterocycles. The van der Waals surface area contributed by atoms with E-state index in [-0.39, 0.29) is 11.1 Å². The van der Waals surface area contributed by atoms with Gasteiger partial charge in [-0.25, -0.2) is 0 Å². The van der Waals surface area contributed by atoms with Gasteiger partial charge in [-0.3, -0.25) is 9.72 Å². The molecule has 2 aliphatic rings. The van der Waals surface area contributed by atoms with E-state index in [1.54, 1.807) is 0 Å². The predicted octanol–water partition coefficient (Wildman–Crippen LogP) is 3.92. The number of pyridine rings is 1. The second-order valence-electron chi connectivity index (χ2n) is 9.95. The molecule has 1 unspecified atom stereocenters. The van der Waals surface area contributed by atoms with E-state index in [1.807, 2.05) is 24.4 Å². The van der Waals surface area contributed by atoms with Crippen molar-refractivity contribution < 1.29 is 0 Å². The van der Waals surface area contributed by atoms with Crippen molar-refractivity contribution in [1.29, 1.82) is 0 Å². The van der Waals surface area contributed by atoms with Crippen molar-refractivity contribution in [1.82, 2.24) is 25.2 Å². The lowest BCUT2D eigenvalue weighted by Gasteiger charge is -2.49. The zero-order valence-electron chi connectivity index (χ0n) is 18.1. The van der Waals surface area contributed by atoms with Gasteiger partial charge >= 0.3 is 0 Å². The number of fused-ring (bicyclic) bond motifs is 2. The van der Waals surface area contributed by atoms with E-state index in [9.17, 15) is 0 Å². The second kappa shape index (κ2) is 6.65. The van der Waals surface area contributed by atoms with Crippen LogP contribution in [0, 0.1) is 0 Å². The quantitative estimate of drug-likeness (QED) is 0.620. The van der Waals surface area contributed by atoms with Crippen LogP contribution in [0.4, 0.5) is 5.69 Å². The Morgan fingerprint density at radius 1 is 0.967 bits per heavy atom. The molecule has 6 heteroatoms. The molecule has 30 heavy (non-hydrogen) atoms. The van der Waals surface area contributed by atoms with E-state index >= 15 is 0 Å². The fraction of sp³-hybridized carbons (Fsp3) is 0.417. The van der Waals surface area contributed by atoms with Crippen molar-refractivity contribution in [3.63, 3.8) is 0 Å². The highest BCUT2D eigenvalue weighted by atomic mass is 15.3. The van der Waals surface area contributed by atoms with Crippen LogP contribution in [0.15, 0.2) is 54.7 Å². The Bertz CT molecular complexity index is 1100. The monoisotopic (exact) mass is 402 g/mol. The highest BCUT2D eigenvalue weighted by Gasteiger charge is 2.44. The third-order valence-electron chi connectivity index (χ3n) is 6.09. The van der Waals surface area contributed by atoms with E-state index < -0.39 is 5.66 Å². The van der Waals surface area contributed by atoms with Gasteiger partial charge in [-0.2, -0.15) is 0 Å². The number of nitrogens with zero attached hydrogens (tertiary/aromatic N) is 3. The topological polar surface area (TPSA) is 66.3 Å². The van der Waals surface area contributed by atoms with Gasteiger partial charge in [0.2, 0.25) is 0 Å². The van der Waals surface area contributed by atoms with Crippen molar-refractivity contribution in [2.45, 2.75) is 63.3 Å². The molecule has 1 aromatic carbocycles. The maximum atomic E-state index is 4.62. The molecule has 156 valence electrons. The van der Waals surface area contributed by atoms with Crippen molar-refractivity contribution in [2.75, 3.05) is 5.32 Å². The van der Waals surface area contributed by atoms with Crippen molar-refractivity contribution in [3.05, 3.63) is 66.1 Å².